The topological polar surface area (TPSA) is 47.6 Å². The number of piperidine rings is 1. The normalized spacial score (nSPS) is 20.8. The summed E-state index contributed by atoms with van der Waals surface area (Å²) in [4.78, 5) is 12.5. The molecule has 0 spiro atoms. The van der Waals surface area contributed by atoms with Gasteiger partial charge in [-0.05, 0) is 72.9 Å². The number of carbonyl (C=O) groups excluding carboxylic acids is 1. The molecular formula is C27H33NO3. The molecule has 1 atom stereocenters. The first kappa shape index (κ1) is 21.5. The van der Waals surface area contributed by atoms with Gasteiger partial charge in [0.25, 0.3) is 0 Å². The van der Waals surface area contributed by atoms with Crippen molar-refractivity contribution in [3.8, 4) is 11.5 Å². The third-order valence-electron chi connectivity index (χ3n) is 6.47. The molecule has 0 bridgehead atoms. The molecule has 1 N–H and O–H groups in total. The molecule has 2 aromatic carbocycles. The van der Waals surface area contributed by atoms with Crippen molar-refractivity contribution in [2.24, 2.45) is 0 Å². The maximum absolute atomic E-state index is 12.5. The van der Waals surface area contributed by atoms with E-state index in [0.717, 1.165) is 35.5 Å². The molecule has 4 rings (SSSR count). The Morgan fingerprint density at radius 2 is 1.77 bits per heavy atom. The van der Waals surface area contributed by atoms with E-state index >= 15 is 0 Å². The van der Waals surface area contributed by atoms with Gasteiger partial charge in [0.1, 0.15) is 0 Å². The highest BCUT2D eigenvalue weighted by atomic mass is 16.5. The van der Waals surface area contributed by atoms with E-state index in [1.807, 2.05) is 12.1 Å². The van der Waals surface area contributed by atoms with Crippen molar-refractivity contribution < 1.29 is 14.3 Å². The molecule has 1 aliphatic heterocycles. The number of carbonyl (C=O) groups is 1. The van der Waals surface area contributed by atoms with E-state index in [1.165, 1.54) is 24.0 Å². The summed E-state index contributed by atoms with van der Waals surface area (Å²) in [7, 11) is 1.68. The van der Waals surface area contributed by atoms with Crippen LogP contribution in [0.3, 0.4) is 0 Å². The second-order valence-electron chi connectivity index (χ2n) is 9.04. The van der Waals surface area contributed by atoms with Crippen LogP contribution >= 0.6 is 0 Å². The van der Waals surface area contributed by atoms with E-state index in [0.29, 0.717) is 18.9 Å². The lowest BCUT2D eigenvalue weighted by Gasteiger charge is -2.26. The maximum Gasteiger partial charge on any atom is 0.247 e. The number of nitrogens with one attached hydrogen (secondary N) is 1. The number of rotatable bonds is 6. The Labute approximate surface area is 185 Å². The smallest absolute Gasteiger partial charge is 0.247 e. The lowest BCUT2D eigenvalue weighted by molar-refractivity contribution is -0.118. The number of hydrogen-bond donors (Lipinski definition) is 1. The van der Waals surface area contributed by atoms with E-state index in [2.05, 4.69) is 55.6 Å². The third-order valence-corrected chi connectivity index (χ3v) is 6.47. The Morgan fingerprint density at radius 1 is 1.03 bits per heavy atom. The minimum atomic E-state index is 0.0279. The van der Waals surface area contributed by atoms with E-state index in [-0.39, 0.29) is 17.9 Å². The molecule has 4 heteroatoms. The van der Waals surface area contributed by atoms with Gasteiger partial charge in [-0.1, -0.05) is 44.2 Å². The number of hydrogen-bond acceptors (Lipinski definition) is 3. The Hall–Kier alpha value is -2.75. The van der Waals surface area contributed by atoms with Crippen LogP contribution in [0, 0.1) is 0 Å². The summed E-state index contributed by atoms with van der Waals surface area (Å²) in [6.45, 7) is 5.01. The summed E-state index contributed by atoms with van der Waals surface area (Å²) in [6, 6.07) is 14.7. The Bertz CT molecular complexity index is 939. The van der Waals surface area contributed by atoms with Gasteiger partial charge in [0.2, 0.25) is 5.91 Å². The summed E-state index contributed by atoms with van der Waals surface area (Å²) in [6.07, 6.45) is 7.68. The number of benzene rings is 2. The predicted octanol–water partition coefficient (Wildman–Crippen LogP) is 5.83. The van der Waals surface area contributed by atoms with Gasteiger partial charge < -0.3 is 14.8 Å². The molecule has 0 aromatic heterocycles. The fourth-order valence-corrected chi connectivity index (χ4v) is 4.52. The second-order valence-corrected chi connectivity index (χ2v) is 9.04. The average molecular weight is 420 g/mol. The van der Waals surface area contributed by atoms with Gasteiger partial charge in [-0.2, -0.15) is 0 Å². The first-order chi connectivity index (χ1) is 15.0. The van der Waals surface area contributed by atoms with E-state index in [1.54, 1.807) is 7.11 Å². The molecule has 0 radical (unpaired) electrons. The van der Waals surface area contributed by atoms with E-state index < -0.39 is 0 Å². The van der Waals surface area contributed by atoms with Crippen LogP contribution in [0.4, 0.5) is 0 Å². The molecule has 1 aliphatic carbocycles. The zero-order chi connectivity index (χ0) is 21.8. The van der Waals surface area contributed by atoms with Gasteiger partial charge in [-0.15, -0.1) is 0 Å². The Balaban J connectivity index is 1.53. The molecule has 164 valence electrons. The molecular weight excluding hydrogens is 386 g/mol. The van der Waals surface area contributed by atoms with Crippen molar-refractivity contribution >= 4 is 12.0 Å². The van der Waals surface area contributed by atoms with Crippen molar-refractivity contribution in [1.82, 2.24) is 5.32 Å². The third kappa shape index (κ3) is 5.12. The molecule has 2 fully saturated rings. The molecule has 0 unspecified atom stereocenters. The lowest BCUT2D eigenvalue weighted by Crippen LogP contribution is -2.35. The van der Waals surface area contributed by atoms with Crippen LogP contribution in [0.1, 0.15) is 74.5 Å². The zero-order valence-corrected chi connectivity index (χ0v) is 18.8. The SMILES string of the molecule is COc1ccc([C@H]2CNC(=O)/C(=C/c3ccc(C(C)C)cc3)C2)cc1OC1CCCC1. The average Bonchev–Trinajstić information content (AvgIpc) is 3.29. The fraction of sp³-hybridized carbons (Fsp3) is 0.444. The van der Waals surface area contributed by atoms with Gasteiger partial charge >= 0.3 is 0 Å². The minimum absolute atomic E-state index is 0.0279. The second kappa shape index (κ2) is 9.59. The summed E-state index contributed by atoms with van der Waals surface area (Å²) in [5.41, 5.74) is 4.37. The van der Waals surface area contributed by atoms with Crippen molar-refractivity contribution in [2.75, 3.05) is 13.7 Å². The van der Waals surface area contributed by atoms with Gasteiger partial charge in [-0.25, -0.2) is 0 Å². The van der Waals surface area contributed by atoms with Crippen LogP contribution in [0.5, 0.6) is 11.5 Å². The fourth-order valence-electron chi connectivity index (χ4n) is 4.52. The molecule has 4 nitrogen and oxygen atoms in total. The van der Waals surface area contributed by atoms with Crippen LogP contribution in [0.15, 0.2) is 48.0 Å². The largest absolute Gasteiger partial charge is 0.493 e. The molecule has 1 amide bonds. The number of amides is 1. The zero-order valence-electron chi connectivity index (χ0n) is 18.8. The van der Waals surface area contributed by atoms with E-state index in [9.17, 15) is 4.79 Å². The van der Waals surface area contributed by atoms with Crippen LogP contribution in [-0.4, -0.2) is 25.7 Å². The summed E-state index contributed by atoms with van der Waals surface area (Å²) >= 11 is 0. The first-order valence-corrected chi connectivity index (χ1v) is 11.5. The van der Waals surface area contributed by atoms with Crippen molar-refractivity contribution in [2.45, 2.75) is 63.9 Å². The number of ether oxygens (including phenoxy) is 2. The first-order valence-electron chi connectivity index (χ1n) is 11.5. The van der Waals surface area contributed by atoms with Crippen molar-refractivity contribution in [1.29, 1.82) is 0 Å². The van der Waals surface area contributed by atoms with Crippen LogP contribution < -0.4 is 14.8 Å². The monoisotopic (exact) mass is 419 g/mol. The molecule has 1 saturated heterocycles. The summed E-state index contributed by atoms with van der Waals surface area (Å²) in [5, 5.41) is 3.07. The standard InChI is InChI=1S/C27H33NO3/c1-18(2)20-10-8-19(9-11-20)14-22-15-23(17-28-27(22)29)21-12-13-25(30-3)26(16-21)31-24-6-4-5-7-24/h8-14,16,18,23-24H,4-7,15,17H2,1-3H3,(H,28,29)/b22-14+/t23-/m1/s1. The van der Waals surface area contributed by atoms with E-state index in [4.69, 9.17) is 9.47 Å². The van der Waals surface area contributed by atoms with Gasteiger partial charge in [0.05, 0.1) is 13.2 Å². The van der Waals surface area contributed by atoms with Crippen LogP contribution in [0.25, 0.3) is 6.08 Å². The van der Waals surface area contributed by atoms with Crippen molar-refractivity contribution in [3.63, 3.8) is 0 Å². The van der Waals surface area contributed by atoms with Crippen molar-refractivity contribution in [3.05, 3.63) is 64.7 Å². The number of methoxy groups -OCH3 is 1. The summed E-state index contributed by atoms with van der Waals surface area (Å²) < 4.78 is 11.8. The van der Waals surface area contributed by atoms with Gasteiger partial charge in [0, 0.05) is 18.0 Å². The Morgan fingerprint density at radius 3 is 2.45 bits per heavy atom. The molecule has 2 aliphatic rings. The van der Waals surface area contributed by atoms with Crippen LogP contribution in [0.2, 0.25) is 0 Å². The highest BCUT2D eigenvalue weighted by Gasteiger charge is 2.26. The quantitative estimate of drug-likeness (QED) is 0.600. The summed E-state index contributed by atoms with van der Waals surface area (Å²) in [5.74, 6) is 2.34. The molecule has 2 aromatic rings. The van der Waals surface area contributed by atoms with Gasteiger partial charge in [0.15, 0.2) is 11.5 Å². The highest BCUT2D eigenvalue weighted by Crippen LogP contribution is 2.36. The highest BCUT2D eigenvalue weighted by molar-refractivity contribution is 5.98. The molecule has 31 heavy (non-hydrogen) atoms. The van der Waals surface area contributed by atoms with Crippen LogP contribution in [-0.2, 0) is 4.79 Å². The minimum Gasteiger partial charge on any atom is -0.493 e. The molecule has 1 heterocycles. The molecule has 1 saturated carbocycles. The lowest BCUT2D eigenvalue weighted by atomic mass is 9.87. The predicted molar refractivity (Wildman–Crippen MR) is 125 cm³/mol. The maximum atomic E-state index is 12.5. The van der Waals surface area contributed by atoms with Gasteiger partial charge in [-0.3, -0.25) is 4.79 Å². The Kier molecular flexibility index (Phi) is 6.64.